The number of benzene rings is 2. The van der Waals surface area contributed by atoms with Gasteiger partial charge in [0.1, 0.15) is 11.6 Å². The number of nitrogens with one attached hydrogen (secondary N) is 2. The fourth-order valence-corrected chi connectivity index (χ4v) is 2.58. The zero-order valence-electron chi connectivity index (χ0n) is 16.5. The third kappa shape index (κ3) is 5.26. The lowest BCUT2D eigenvalue weighted by atomic mass is 10.1. The van der Waals surface area contributed by atoms with Crippen molar-refractivity contribution in [3.8, 4) is 23.3 Å². The highest BCUT2D eigenvalue weighted by Gasteiger charge is 2.17. The van der Waals surface area contributed by atoms with Crippen molar-refractivity contribution < 1.29 is 23.8 Å². The molecular formula is C21H21N3O5. The number of nitriles is 1. The molecule has 0 saturated heterocycles. The minimum atomic E-state index is -0.586. The Bertz CT molecular complexity index is 975. The van der Waals surface area contributed by atoms with E-state index in [0.717, 1.165) is 0 Å². The number of amides is 2. The second kappa shape index (κ2) is 9.80. The average molecular weight is 395 g/mol. The molecule has 0 aliphatic rings. The maximum atomic E-state index is 12.5. The first-order valence-corrected chi connectivity index (χ1v) is 8.53. The third-order valence-corrected chi connectivity index (χ3v) is 3.86. The Balaban J connectivity index is 2.29. The summed E-state index contributed by atoms with van der Waals surface area (Å²) in [7, 11) is 4.42. The summed E-state index contributed by atoms with van der Waals surface area (Å²) < 4.78 is 15.9. The van der Waals surface area contributed by atoms with Crippen molar-refractivity contribution in [2.45, 2.75) is 6.92 Å². The lowest BCUT2D eigenvalue weighted by molar-refractivity contribution is -0.114. The standard InChI is InChI=1S/C21H21N3O5/c1-13(25)23-16-6-8-17(9-7-16)24-21(26)15(12-22)11-14-5-10-18(27-2)20(29-4)19(14)28-3/h5-11H,1-4H3,(H,23,25)(H,24,26)/b15-11+. The van der Waals surface area contributed by atoms with Gasteiger partial charge in [0.05, 0.1) is 21.3 Å². The van der Waals surface area contributed by atoms with Crippen LogP contribution in [0.5, 0.6) is 17.2 Å². The molecule has 0 atom stereocenters. The smallest absolute Gasteiger partial charge is 0.266 e. The molecule has 2 amide bonds. The molecule has 0 radical (unpaired) electrons. The van der Waals surface area contributed by atoms with E-state index in [9.17, 15) is 14.9 Å². The molecule has 2 N–H and O–H groups in total. The second-order valence-corrected chi connectivity index (χ2v) is 5.81. The van der Waals surface area contributed by atoms with Crippen molar-refractivity contribution in [3.05, 3.63) is 47.5 Å². The van der Waals surface area contributed by atoms with Gasteiger partial charge in [0, 0.05) is 23.9 Å². The maximum Gasteiger partial charge on any atom is 0.266 e. The topological polar surface area (TPSA) is 110 Å². The summed E-state index contributed by atoms with van der Waals surface area (Å²) in [6, 6.07) is 11.7. The van der Waals surface area contributed by atoms with Gasteiger partial charge in [-0.1, -0.05) is 0 Å². The van der Waals surface area contributed by atoms with Crippen molar-refractivity contribution in [2.75, 3.05) is 32.0 Å². The number of anilines is 2. The van der Waals surface area contributed by atoms with Gasteiger partial charge in [-0.15, -0.1) is 0 Å². The minimum Gasteiger partial charge on any atom is -0.493 e. The molecule has 2 aromatic carbocycles. The summed E-state index contributed by atoms with van der Waals surface area (Å²) in [5.41, 5.74) is 1.44. The highest BCUT2D eigenvalue weighted by molar-refractivity contribution is 6.10. The first-order chi connectivity index (χ1) is 13.9. The van der Waals surface area contributed by atoms with Crippen molar-refractivity contribution >= 4 is 29.3 Å². The van der Waals surface area contributed by atoms with Gasteiger partial charge >= 0.3 is 0 Å². The Morgan fingerprint density at radius 1 is 0.897 bits per heavy atom. The number of hydrogen-bond acceptors (Lipinski definition) is 6. The summed E-state index contributed by atoms with van der Waals surface area (Å²) in [4.78, 5) is 23.6. The van der Waals surface area contributed by atoms with Crippen molar-refractivity contribution in [3.63, 3.8) is 0 Å². The molecule has 0 fully saturated rings. The molecule has 0 aromatic heterocycles. The molecule has 0 bridgehead atoms. The molecule has 0 heterocycles. The quantitative estimate of drug-likeness (QED) is 0.550. The van der Waals surface area contributed by atoms with Crippen molar-refractivity contribution in [2.24, 2.45) is 0 Å². The monoisotopic (exact) mass is 395 g/mol. The lowest BCUT2D eigenvalue weighted by Gasteiger charge is -2.14. The third-order valence-electron chi connectivity index (χ3n) is 3.86. The number of carbonyl (C=O) groups is 2. The van der Waals surface area contributed by atoms with E-state index in [0.29, 0.717) is 34.2 Å². The van der Waals surface area contributed by atoms with Gasteiger partial charge in [0.2, 0.25) is 11.7 Å². The molecule has 150 valence electrons. The number of nitrogens with zero attached hydrogens (tertiary/aromatic N) is 1. The maximum absolute atomic E-state index is 12.5. The van der Waals surface area contributed by atoms with Gasteiger partial charge in [0.25, 0.3) is 5.91 Å². The number of hydrogen-bond donors (Lipinski definition) is 2. The molecule has 29 heavy (non-hydrogen) atoms. The van der Waals surface area contributed by atoms with Gasteiger partial charge < -0.3 is 24.8 Å². The van der Waals surface area contributed by atoms with E-state index >= 15 is 0 Å². The minimum absolute atomic E-state index is 0.124. The summed E-state index contributed by atoms with van der Waals surface area (Å²) in [6.07, 6.45) is 1.40. The largest absolute Gasteiger partial charge is 0.493 e. The van der Waals surface area contributed by atoms with Crippen molar-refractivity contribution in [1.82, 2.24) is 0 Å². The van der Waals surface area contributed by atoms with E-state index < -0.39 is 5.91 Å². The molecule has 0 saturated carbocycles. The number of methoxy groups -OCH3 is 3. The molecule has 8 nitrogen and oxygen atoms in total. The van der Waals surface area contributed by atoms with Gasteiger partial charge in [-0.25, -0.2) is 0 Å². The van der Waals surface area contributed by atoms with E-state index in [4.69, 9.17) is 14.2 Å². The van der Waals surface area contributed by atoms with Crippen LogP contribution >= 0.6 is 0 Å². The van der Waals surface area contributed by atoms with Crippen LogP contribution in [0.1, 0.15) is 12.5 Å². The van der Waals surface area contributed by atoms with Crippen LogP contribution in [0.3, 0.4) is 0 Å². The molecular weight excluding hydrogens is 374 g/mol. The Labute approximate surface area is 168 Å². The van der Waals surface area contributed by atoms with Crippen LogP contribution in [0, 0.1) is 11.3 Å². The van der Waals surface area contributed by atoms with Gasteiger partial charge in [-0.2, -0.15) is 5.26 Å². The molecule has 2 rings (SSSR count). The molecule has 0 aliphatic carbocycles. The van der Waals surface area contributed by atoms with Crippen LogP contribution in [0.15, 0.2) is 42.0 Å². The Hall–Kier alpha value is -3.99. The van der Waals surface area contributed by atoms with Crippen molar-refractivity contribution in [1.29, 1.82) is 5.26 Å². The fourth-order valence-electron chi connectivity index (χ4n) is 2.58. The zero-order chi connectivity index (χ0) is 21.4. The average Bonchev–Trinajstić information content (AvgIpc) is 2.72. The summed E-state index contributed by atoms with van der Waals surface area (Å²) in [5, 5.41) is 14.7. The highest BCUT2D eigenvalue weighted by Crippen LogP contribution is 2.40. The molecule has 0 aliphatic heterocycles. The molecule has 0 spiro atoms. The van der Waals surface area contributed by atoms with E-state index in [1.54, 1.807) is 36.4 Å². The summed E-state index contributed by atoms with van der Waals surface area (Å²) in [6.45, 7) is 1.40. The molecule has 0 unspecified atom stereocenters. The summed E-state index contributed by atoms with van der Waals surface area (Å²) >= 11 is 0. The molecule has 8 heteroatoms. The predicted molar refractivity (Wildman–Crippen MR) is 109 cm³/mol. The van der Waals surface area contributed by atoms with E-state index in [-0.39, 0.29) is 11.5 Å². The first-order valence-electron chi connectivity index (χ1n) is 8.53. The van der Waals surface area contributed by atoms with E-state index in [1.165, 1.54) is 34.3 Å². The van der Waals surface area contributed by atoms with Crippen LogP contribution in [0.25, 0.3) is 6.08 Å². The normalized spacial score (nSPS) is 10.5. The SMILES string of the molecule is COc1ccc(/C=C(\C#N)C(=O)Nc2ccc(NC(C)=O)cc2)c(OC)c1OC. The van der Waals surface area contributed by atoms with Crippen LogP contribution < -0.4 is 24.8 Å². The second-order valence-electron chi connectivity index (χ2n) is 5.81. The number of ether oxygens (including phenoxy) is 3. The Morgan fingerprint density at radius 2 is 1.48 bits per heavy atom. The van der Waals surface area contributed by atoms with Crippen LogP contribution in [0.4, 0.5) is 11.4 Å². The van der Waals surface area contributed by atoms with Crippen LogP contribution in [-0.4, -0.2) is 33.1 Å². The highest BCUT2D eigenvalue weighted by atomic mass is 16.5. The van der Waals surface area contributed by atoms with Crippen LogP contribution in [-0.2, 0) is 9.59 Å². The number of rotatable bonds is 7. The molecule has 2 aromatic rings. The fraction of sp³-hybridized carbons (Fsp3) is 0.190. The summed E-state index contributed by atoms with van der Waals surface area (Å²) in [5.74, 6) is 0.378. The van der Waals surface area contributed by atoms with Gasteiger partial charge in [-0.3, -0.25) is 9.59 Å². The Morgan fingerprint density at radius 3 is 1.97 bits per heavy atom. The lowest BCUT2D eigenvalue weighted by Crippen LogP contribution is -2.13. The van der Waals surface area contributed by atoms with Crippen LogP contribution in [0.2, 0.25) is 0 Å². The number of carbonyl (C=O) groups excluding carboxylic acids is 2. The van der Waals surface area contributed by atoms with E-state index in [1.807, 2.05) is 6.07 Å². The first kappa shape index (κ1) is 21.3. The van der Waals surface area contributed by atoms with E-state index in [2.05, 4.69) is 10.6 Å². The van der Waals surface area contributed by atoms with Gasteiger partial charge in [0.15, 0.2) is 11.5 Å². The Kier molecular flexibility index (Phi) is 7.20. The van der Waals surface area contributed by atoms with Gasteiger partial charge in [-0.05, 0) is 42.5 Å². The predicted octanol–water partition coefficient (Wildman–Crippen LogP) is 3.22. The zero-order valence-corrected chi connectivity index (χ0v) is 16.5.